The van der Waals surface area contributed by atoms with E-state index in [0.717, 1.165) is 23.9 Å². The quantitative estimate of drug-likeness (QED) is 0.713. The van der Waals surface area contributed by atoms with E-state index in [1.54, 1.807) is 7.11 Å². The summed E-state index contributed by atoms with van der Waals surface area (Å²) in [4.78, 5) is 0. The van der Waals surface area contributed by atoms with Crippen LogP contribution in [0.5, 0.6) is 5.75 Å². The van der Waals surface area contributed by atoms with E-state index in [-0.39, 0.29) is 0 Å². The highest BCUT2D eigenvalue weighted by Gasteiger charge is 2.09. The van der Waals surface area contributed by atoms with Crippen LogP contribution in [0.1, 0.15) is 11.1 Å². The Balaban J connectivity index is 1.98. The van der Waals surface area contributed by atoms with Gasteiger partial charge >= 0.3 is 0 Å². The molecule has 19 heavy (non-hydrogen) atoms. The lowest BCUT2D eigenvalue weighted by molar-refractivity contribution is 0.414. The van der Waals surface area contributed by atoms with Crippen LogP contribution in [0.4, 0.5) is 0 Å². The number of rotatable bonds is 6. The van der Waals surface area contributed by atoms with Gasteiger partial charge in [0.25, 0.3) is 0 Å². The maximum absolute atomic E-state index is 5.19. The van der Waals surface area contributed by atoms with Crippen LogP contribution in [-0.2, 0) is 12.8 Å². The van der Waals surface area contributed by atoms with Gasteiger partial charge in [-0.1, -0.05) is 58.4 Å². The Kier molecular flexibility index (Phi) is 5.46. The van der Waals surface area contributed by atoms with Crippen LogP contribution in [0.15, 0.2) is 54.6 Å². The second-order valence-electron chi connectivity index (χ2n) is 4.76. The first-order valence-corrected chi connectivity index (χ1v) is 7.67. The molecule has 100 valence electrons. The summed E-state index contributed by atoms with van der Waals surface area (Å²) in [6, 6.07) is 19.0. The molecule has 1 atom stereocenters. The number of hydrogen-bond donors (Lipinski definition) is 0. The van der Waals surface area contributed by atoms with E-state index in [1.807, 2.05) is 12.1 Å². The van der Waals surface area contributed by atoms with Crippen molar-refractivity contribution in [3.63, 3.8) is 0 Å². The van der Waals surface area contributed by atoms with Gasteiger partial charge in [0.15, 0.2) is 0 Å². The molecule has 0 aromatic heterocycles. The molecule has 2 aromatic carbocycles. The maximum Gasteiger partial charge on any atom is 0.118 e. The van der Waals surface area contributed by atoms with E-state index in [9.17, 15) is 0 Å². The molecule has 0 aliphatic carbocycles. The van der Waals surface area contributed by atoms with Gasteiger partial charge in [0.2, 0.25) is 0 Å². The minimum atomic E-state index is 0.621. The van der Waals surface area contributed by atoms with Gasteiger partial charge in [0.1, 0.15) is 5.75 Å². The first kappa shape index (κ1) is 14.1. The molecule has 2 aromatic rings. The molecular formula is C17H19BrO. The van der Waals surface area contributed by atoms with Gasteiger partial charge in [-0.15, -0.1) is 0 Å². The Bertz CT molecular complexity index is 478. The summed E-state index contributed by atoms with van der Waals surface area (Å²) in [5, 5.41) is 1.02. The zero-order valence-corrected chi connectivity index (χ0v) is 12.8. The van der Waals surface area contributed by atoms with Crippen molar-refractivity contribution in [1.29, 1.82) is 0 Å². The minimum absolute atomic E-state index is 0.621. The summed E-state index contributed by atoms with van der Waals surface area (Å²) in [5.74, 6) is 1.54. The van der Waals surface area contributed by atoms with Crippen molar-refractivity contribution in [2.75, 3.05) is 12.4 Å². The molecule has 1 nitrogen and oxygen atoms in total. The van der Waals surface area contributed by atoms with Crippen molar-refractivity contribution < 1.29 is 4.74 Å². The lowest BCUT2D eigenvalue weighted by Gasteiger charge is -2.14. The van der Waals surface area contributed by atoms with Gasteiger partial charge in [-0.2, -0.15) is 0 Å². The third-order valence-electron chi connectivity index (χ3n) is 3.27. The van der Waals surface area contributed by atoms with Gasteiger partial charge in [0.05, 0.1) is 7.11 Å². The molecule has 0 bridgehead atoms. The van der Waals surface area contributed by atoms with E-state index in [0.29, 0.717) is 5.92 Å². The number of halogens is 1. The topological polar surface area (TPSA) is 9.23 Å². The van der Waals surface area contributed by atoms with Crippen LogP contribution in [0.25, 0.3) is 0 Å². The number of methoxy groups -OCH3 is 1. The van der Waals surface area contributed by atoms with Gasteiger partial charge in [0, 0.05) is 5.33 Å². The Morgan fingerprint density at radius 3 is 2.00 bits per heavy atom. The third kappa shape index (κ3) is 4.39. The summed E-state index contributed by atoms with van der Waals surface area (Å²) >= 11 is 3.63. The van der Waals surface area contributed by atoms with Crippen LogP contribution in [0, 0.1) is 5.92 Å². The third-order valence-corrected chi connectivity index (χ3v) is 4.18. The second kappa shape index (κ2) is 7.34. The molecule has 0 amide bonds. The Hall–Kier alpha value is -1.28. The van der Waals surface area contributed by atoms with Gasteiger partial charge < -0.3 is 4.74 Å². The van der Waals surface area contributed by atoms with Crippen LogP contribution >= 0.6 is 15.9 Å². The van der Waals surface area contributed by atoms with Crippen molar-refractivity contribution in [3.8, 4) is 5.75 Å². The summed E-state index contributed by atoms with van der Waals surface area (Å²) in [6.07, 6.45) is 2.20. The van der Waals surface area contributed by atoms with E-state index < -0.39 is 0 Å². The molecule has 0 saturated carbocycles. The van der Waals surface area contributed by atoms with Crippen LogP contribution in [0.2, 0.25) is 0 Å². The van der Waals surface area contributed by atoms with Gasteiger partial charge in [-0.05, 0) is 42.0 Å². The first-order chi connectivity index (χ1) is 9.31. The van der Waals surface area contributed by atoms with Crippen LogP contribution < -0.4 is 4.74 Å². The number of alkyl halides is 1. The molecule has 1 unspecified atom stereocenters. The average molecular weight is 319 g/mol. The smallest absolute Gasteiger partial charge is 0.118 e. The van der Waals surface area contributed by atoms with Gasteiger partial charge in [-0.25, -0.2) is 0 Å². The average Bonchev–Trinajstić information content (AvgIpc) is 2.48. The molecule has 0 fully saturated rings. The largest absolute Gasteiger partial charge is 0.497 e. The molecule has 0 N–H and O–H groups in total. The van der Waals surface area contributed by atoms with Crippen molar-refractivity contribution >= 4 is 15.9 Å². The fourth-order valence-corrected chi connectivity index (χ4v) is 2.68. The summed E-state index contributed by atoms with van der Waals surface area (Å²) in [6.45, 7) is 0. The summed E-state index contributed by atoms with van der Waals surface area (Å²) < 4.78 is 5.19. The van der Waals surface area contributed by atoms with Crippen molar-refractivity contribution in [2.24, 2.45) is 5.92 Å². The molecule has 0 heterocycles. The highest BCUT2D eigenvalue weighted by Crippen LogP contribution is 2.19. The number of hydrogen-bond acceptors (Lipinski definition) is 1. The molecular weight excluding hydrogens is 300 g/mol. The summed E-state index contributed by atoms with van der Waals surface area (Å²) in [5.41, 5.74) is 2.77. The molecule has 0 radical (unpaired) electrons. The lowest BCUT2D eigenvalue weighted by atomic mass is 9.94. The fraction of sp³-hybridized carbons (Fsp3) is 0.294. The SMILES string of the molecule is COc1ccc(CC(CBr)Cc2ccccc2)cc1. The highest BCUT2D eigenvalue weighted by atomic mass is 79.9. The van der Waals surface area contributed by atoms with E-state index in [2.05, 4.69) is 58.4 Å². The van der Waals surface area contributed by atoms with Crippen LogP contribution in [0.3, 0.4) is 0 Å². The summed E-state index contributed by atoms with van der Waals surface area (Å²) in [7, 11) is 1.70. The second-order valence-corrected chi connectivity index (χ2v) is 5.41. The van der Waals surface area contributed by atoms with Gasteiger partial charge in [-0.3, -0.25) is 0 Å². The number of ether oxygens (including phenoxy) is 1. The Labute approximate surface area is 123 Å². The monoisotopic (exact) mass is 318 g/mol. The van der Waals surface area contributed by atoms with Crippen molar-refractivity contribution in [3.05, 3.63) is 65.7 Å². The van der Waals surface area contributed by atoms with E-state index in [4.69, 9.17) is 4.74 Å². The van der Waals surface area contributed by atoms with E-state index >= 15 is 0 Å². The molecule has 0 saturated heterocycles. The normalized spacial score (nSPS) is 12.1. The number of benzene rings is 2. The Morgan fingerprint density at radius 2 is 1.47 bits per heavy atom. The molecule has 2 rings (SSSR count). The lowest BCUT2D eigenvalue weighted by Crippen LogP contribution is -2.09. The molecule has 0 aliphatic rings. The fourth-order valence-electron chi connectivity index (χ4n) is 2.22. The Morgan fingerprint density at radius 1 is 0.895 bits per heavy atom. The van der Waals surface area contributed by atoms with Crippen molar-refractivity contribution in [2.45, 2.75) is 12.8 Å². The zero-order chi connectivity index (χ0) is 13.5. The minimum Gasteiger partial charge on any atom is -0.497 e. The molecule has 0 aliphatic heterocycles. The standard InChI is InChI=1S/C17H19BrO/c1-19-17-9-7-15(8-10-17)12-16(13-18)11-14-5-3-2-4-6-14/h2-10,16H,11-13H2,1H3. The predicted octanol–water partition coefficient (Wildman–Crippen LogP) is 4.49. The first-order valence-electron chi connectivity index (χ1n) is 6.54. The molecule has 2 heteroatoms. The van der Waals surface area contributed by atoms with Crippen molar-refractivity contribution in [1.82, 2.24) is 0 Å². The molecule has 0 spiro atoms. The zero-order valence-electron chi connectivity index (χ0n) is 11.2. The van der Waals surface area contributed by atoms with E-state index in [1.165, 1.54) is 11.1 Å². The van der Waals surface area contributed by atoms with Crippen LogP contribution in [-0.4, -0.2) is 12.4 Å². The predicted molar refractivity (Wildman–Crippen MR) is 84.1 cm³/mol. The highest BCUT2D eigenvalue weighted by molar-refractivity contribution is 9.09. The maximum atomic E-state index is 5.19.